The van der Waals surface area contributed by atoms with Crippen LogP contribution in [0.5, 0.6) is 11.5 Å². The van der Waals surface area contributed by atoms with E-state index in [-0.39, 0.29) is 6.10 Å². The predicted molar refractivity (Wildman–Crippen MR) is 87.3 cm³/mol. The van der Waals surface area contributed by atoms with Crippen LogP contribution in [-0.4, -0.2) is 41.1 Å². The van der Waals surface area contributed by atoms with Gasteiger partial charge in [-0.15, -0.1) is 0 Å². The number of fused-ring (bicyclic) bond motifs is 1. The van der Waals surface area contributed by atoms with Crippen molar-refractivity contribution in [3.63, 3.8) is 0 Å². The van der Waals surface area contributed by atoms with Crippen LogP contribution in [0, 0.1) is 0 Å². The topological polar surface area (TPSA) is 61.2 Å². The second-order valence-corrected chi connectivity index (χ2v) is 5.54. The average molecular weight is 310 g/mol. The van der Waals surface area contributed by atoms with Gasteiger partial charge < -0.3 is 14.8 Å². The molecule has 0 radical (unpaired) electrons. The Morgan fingerprint density at radius 1 is 1.30 bits per heavy atom. The van der Waals surface area contributed by atoms with E-state index < -0.39 is 0 Å². The molecule has 0 spiro atoms. The molecule has 6 heteroatoms. The molecule has 1 aliphatic heterocycles. The Balaban J connectivity index is 1.83. The summed E-state index contributed by atoms with van der Waals surface area (Å²) in [5.41, 5.74) is 0.832. The van der Waals surface area contributed by atoms with Crippen LogP contribution in [0.25, 0.3) is 16.7 Å². The molecule has 3 heterocycles. The third-order valence-electron chi connectivity index (χ3n) is 4.01. The summed E-state index contributed by atoms with van der Waals surface area (Å²) in [6.45, 7) is 1.87. The van der Waals surface area contributed by atoms with E-state index in [1.165, 1.54) is 0 Å². The van der Waals surface area contributed by atoms with E-state index in [0.717, 1.165) is 47.7 Å². The molecular weight excluding hydrogens is 292 g/mol. The third kappa shape index (κ3) is 2.73. The molecule has 1 N–H and O–H groups in total. The minimum Gasteiger partial charge on any atom is -0.497 e. The van der Waals surface area contributed by atoms with Crippen LogP contribution in [0.4, 0.5) is 0 Å². The Hall–Kier alpha value is -2.60. The van der Waals surface area contributed by atoms with Crippen molar-refractivity contribution in [2.24, 2.45) is 0 Å². The summed E-state index contributed by atoms with van der Waals surface area (Å²) >= 11 is 0. The predicted octanol–water partition coefficient (Wildman–Crippen LogP) is 2.17. The molecule has 0 amide bonds. The van der Waals surface area contributed by atoms with E-state index in [2.05, 4.69) is 15.4 Å². The Bertz CT molecular complexity index is 811. The van der Waals surface area contributed by atoms with Gasteiger partial charge in [-0.3, -0.25) is 0 Å². The lowest BCUT2D eigenvalue weighted by Gasteiger charge is -2.16. The maximum atomic E-state index is 6.22. The van der Waals surface area contributed by atoms with Gasteiger partial charge in [0.05, 0.1) is 12.6 Å². The summed E-state index contributed by atoms with van der Waals surface area (Å²) in [7, 11) is 1.65. The number of nitrogens with zero attached hydrogens (tertiary/aromatic N) is 3. The van der Waals surface area contributed by atoms with Crippen molar-refractivity contribution in [3.05, 3.63) is 42.7 Å². The van der Waals surface area contributed by atoms with E-state index in [1.807, 2.05) is 36.5 Å². The highest BCUT2D eigenvalue weighted by atomic mass is 16.5. The van der Waals surface area contributed by atoms with Crippen molar-refractivity contribution in [2.75, 3.05) is 20.2 Å². The van der Waals surface area contributed by atoms with Crippen LogP contribution >= 0.6 is 0 Å². The summed E-state index contributed by atoms with van der Waals surface area (Å²) in [6.07, 6.45) is 4.80. The second-order valence-electron chi connectivity index (χ2n) is 5.54. The number of pyridine rings is 1. The first-order valence-electron chi connectivity index (χ1n) is 7.70. The first kappa shape index (κ1) is 14.0. The highest BCUT2D eigenvalue weighted by molar-refractivity contribution is 5.87. The fourth-order valence-electron chi connectivity index (χ4n) is 2.82. The first-order valence-corrected chi connectivity index (χ1v) is 7.70. The Morgan fingerprint density at radius 2 is 2.26 bits per heavy atom. The highest BCUT2D eigenvalue weighted by Crippen LogP contribution is 2.30. The van der Waals surface area contributed by atoms with E-state index in [4.69, 9.17) is 9.47 Å². The molecule has 2 aromatic heterocycles. The maximum Gasteiger partial charge on any atom is 0.157 e. The van der Waals surface area contributed by atoms with Gasteiger partial charge in [0.25, 0.3) is 0 Å². The molecule has 0 unspecified atom stereocenters. The normalized spacial score (nSPS) is 17.5. The third-order valence-corrected chi connectivity index (χ3v) is 4.01. The zero-order valence-corrected chi connectivity index (χ0v) is 12.9. The van der Waals surface area contributed by atoms with Gasteiger partial charge in [0.15, 0.2) is 5.82 Å². The van der Waals surface area contributed by atoms with Crippen LogP contribution in [0.2, 0.25) is 0 Å². The van der Waals surface area contributed by atoms with Gasteiger partial charge in [-0.25, -0.2) is 9.67 Å². The van der Waals surface area contributed by atoms with Gasteiger partial charge in [0, 0.05) is 36.5 Å². The number of nitrogens with one attached hydrogen (secondary N) is 1. The molecule has 0 aliphatic carbocycles. The van der Waals surface area contributed by atoms with Crippen molar-refractivity contribution >= 4 is 10.9 Å². The molecule has 3 aromatic rings. The molecule has 1 aromatic carbocycles. The van der Waals surface area contributed by atoms with E-state index in [9.17, 15) is 0 Å². The summed E-state index contributed by atoms with van der Waals surface area (Å²) < 4.78 is 13.3. The monoisotopic (exact) mass is 310 g/mol. The lowest BCUT2D eigenvalue weighted by molar-refractivity contribution is 0.225. The zero-order valence-electron chi connectivity index (χ0n) is 12.9. The van der Waals surface area contributed by atoms with Crippen molar-refractivity contribution in [2.45, 2.75) is 12.5 Å². The van der Waals surface area contributed by atoms with Crippen molar-refractivity contribution in [3.8, 4) is 17.3 Å². The van der Waals surface area contributed by atoms with Gasteiger partial charge >= 0.3 is 0 Å². The minimum atomic E-state index is 0.188. The van der Waals surface area contributed by atoms with E-state index in [0.29, 0.717) is 0 Å². The maximum absolute atomic E-state index is 6.22. The molecule has 118 valence electrons. The molecule has 0 saturated carbocycles. The lowest BCUT2D eigenvalue weighted by atomic mass is 10.2. The standard InChI is InChI=1S/C17H18N4O2/c1-22-12-3-4-14-15(9-12)20-17(21-8-2-6-19-21)10-16(14)23-13-5-7-18-11-13/h2-4,6,8-10,13,18H,5,7,11H2,1H3/t13-/m1/s1. The SMILES string of the molecule is COc1ccc2c(O[C@@H]3CCNC3)cc(-n3cccn3)nc2c1. The summed E-state index contributed by atoms with van der Waals surface area (Å²) in [4.78, 5) is 4.69. The van der Waals surface area contributed by atoms with Crippen LogP contribution in [-0.2, 0) is 0 Å². The Morgan fingerprint density at radius 3 is 3.00 bits per heavy atom. The molecule has 4 rings (SSSR count). The average Bonchev–Trinajstić information content (AvgIpc) is 3.27. The number of ether oxygens (including phenoxy) is 2. The molecule has 6 nitrogen and oxygen atoms in total. The first-order chi connectivity index (χ1) is 11.3. The van der Waals surface area contributed by atoms with Crippen LogP contribution in [0.15, 0.2) is 42.7 Å². The van der Waals surface area contributed by atoms with Crippen LogP contribution in [0.3, 0.4) is 0 Å². The number of hydrogen-bond donors (Lipinski definition) is 1. The van der Waals surface area contributed by atoms with Crippen molar-refractivity contribution in [1.29, 1.82) is 0 Å². The molecule has 1 atom stereocenters. The molecule has 0 bridgehead atoms. The van der Waals surface area contributed by atoms with Gasteiger partial charge in [0.1, 0.15) is 17.6 Å². The number of hydrogen-bond acceptors (Lipinski definition) is 5. The number of aromatic nitrogens is 3. The lowest BCUT2D eigenvalue weighted by Crippen LogP contribution is -2.20. The second kappa shape index (κ2) is 5.89. The summed E-state index contributed by atoms with van der Waals surface area (Å²) in [6, 6.07) is 9.66. The number of rotatable bonds is 4. The molecule has 1 saturated heterocycles. The van der Waals surface area contributed by atoms with Gasteiger partial charge in [0.2, 0.25) is 0 Å². The van der Waals surface area contributed by atoms with Gasteiger partial charge in [-0.2, -0.15) is 5.10 Å². The van der Waals surface area contributed by atoms with Crippen LogP contribution in [0.1, 0.15) is 6.42 Å². The van der Waals surface area contributed by atoms with Crippen LogP contribution < -0.4 is 14.8 Å². The molecule has 23 heavy (non-hydrogen) atoms. The fraction of sp³-hybridized carbons (Fsp3) is 0.294. The van der Waals surface area contributed by atoms with Crippen molar-refractivity contribution in [1.82, 2.24) is 20.1 Å². The summed E-state index contributed by atoms with van der Waals surface area (Å²) in [5, 5.41) is 8.57. The Labute approximate surface area is 134 Å². The molecule has 1 aliphatic rings. The number of methoxy groups -OCH3 is 1. The molecule has 1 fully saturated rings. The van der Waals surface area contributed by atoms with E-state index >= 15 is 0 Å². The fourth-order valence-corrected chi connectivity index (χ4v) is 2.82. The summed E-state index contributed by atoms with van der Waals surface area (Å²) in [5.74, 6) is 2.34. The number of benzene rings is 1. The largest absolute Gasteiger partial charge is 0.497 e. The zero-order chi connectivity index (χ0) is 15.6. The highest BCUT2D eigenvalue weighted by Gasteiger charge is 2.18. The smallest absolute Gasteiger partial charge is 0.157 e. The van der Waals surface area contributed by atoms with Gasteiger partial charge in [-0.05, 0) is 31.2 Å². The Kier molecular flexibility index (Phi) is 3.59. The minimum absolute atomic E-state index is 0.188. The quantitative estimate of drug-likeness (QED) is 0.800. The molecular formula is C17H18N4O2. The van der Waals surface area contributed by atoms with E-state index in [1.54, 1.807) is 18.0 Å². The van der Waals surface area contributed by atoms with Crippen molar-refractivity contribution < 1.29 is 9.47 Å². The van der Waals surface area contributed by atoms with Gasteiger partial charge in [-0.1, -0.05) is 0 Å².